The van der Waals surface area contributed by atoms with Crippen molar-refractivity contribution in [1.82, 2.24) is 9.88 Å². The summed E-state index contributed by atoms with van der Waals surface area (Å²) in [7, 11) is 0. The van der Waals surface area contributed by atoms with Gasteiger partial charge in [0.15, 0.2) is 5.75 Å². The first-order chi connectivity index (χ1) is 12.7. The standard InChI is InChI=1S/C20H23N3O3/c1-2-19(24)23-12-6-7-15(14-23)20(25)22-17-9-3-4-10-18(17)26-16-8-5-11-21-13-16/h3-5,8-11,13,15H,2,6-7,12,14H2,1H3,(H,22,25). The van der Waals surface area contributed by atoms with Gasteiger partial charge in [-0.1, -0.05) is 19.1 Å². The lowest BCUT2D eigenvalue weighted by atomic mass is 9.96. The van der Waals surface area contributed by atoms with E-state index in [4.69, 9.17) is 4.74 Å². The van der Waals surface area contributed by atoms with Crippen LogP contribution in [0.2, 0.25) is 0 Å². The number of nitrogens with zero attached hydrogens (tertiary/aromatic N) is 2. The number of anilines is 1. The summed E-state index contributed by atoms with van der Waals surface area (Å²) in [4.78, 5) is 30.4. The van der Waals surface area contributed by atoms with Gasteiger partial charge in [0.1, 0.15) is 5.75 Å². The zero-order valence-corrected chi connectivity index (χ0v) is 14.9. The Labute approximate surface area is 153 Å². The van der Waals surface area contributed by atoms with Crippen molar-refractivity contribution in [2.75, 3.05) is 18.4 Å². The Morgan fingerprint density at radius 2 is 2.12 bits per heavy atom. The normalized spacial score (nSPS) is 16.8. The van der Waals surface area contributed by atoms with Gasteiger partial charge in [-0.2, -0.15) is 0 Å². The van der Waals surface area contributed by atoms with E-state index in [1.54, 1.807) is 41.6 Å². The van der Waals surface area contributed by atoms with Crippen molar-refractivity contribution in [3.8, 4) is 11.5 Å². The van der Waals surface area contributed by atoms with Crippen LogP contribution in [0.5, 0.6) is 11.5 Å². The van der Waals surface area contributed by atoms with Crippen molar-refractivity contribution in [1.29, 1.82) is 0 Å². The second-order valence-corrected chi connectivity index (χ2v) is 6.31. The molecule has 1 unspecified atom stereocenters. The van der Waals surface area contributed by atoms with Gasteiger partial charge in [-0.15, -0.1) is 0 Å². The molecule has 6 nitrogen and oxygen atoms in total. The van der Waals surface area contributed by atoms with E-state index in [0.717, 1.165) is 19.4 Å². The summed E-state index contributed by atoms with van der Waals surface area (Å²) < 4.78 is 5.83. The van der Waals surface area contributed by atoms with Crippen molar-refractivity contribution in [3.05, 3.63) is 48.8 Å². The molecule has 0 aliphatic carbocycles. The van der Waals surface area contributed by atoms with Crippen LogP contribution in [-0.2, 0) is 9.59 Å². The molecule has 1 N–H and O–H groups in total. The van der Waals surface area contributed by atoms with E-state index in [-0.39, 0.29) is 17.7 Å². The molecule has 3 rings (SSSR count). The maximum atomic E-state index is 12.7. The van der Waals surface area contributed by atoms with Gasteiger partial charge in [0.05, 0.1) is 17.8 Å². The lowest BCUT2D eigenvalue weighted by molar-refractivity contribution is -0.134. The third-order valence-electron chi connectivity index (χ3n) is 4.45. The molecule has 1 aromatic carbocycles. The summed E-state index contributed by atoms with van der Waals surface area (Å²) in [5, 5.41) is 2.96. The van der Waals surface area contributed by atoms with Crippen molar-refractivity contribution in [2.24, 2.45) is 5.92 Å². The summed E-state index contributed by atoms with van der Waals surface area (Å²) in [6.45, 7) is 3.05. The molecule has 0 bridgehead atoms. The molecule has 0 radical (unpaired) electrons. The molecule has 1 fully saturated rings. The fourth-order valence-electron chi connectivity index (χ4n) is 3.07. The minimum Gasteiger partial charge on any atom is -0.454 e. The molecule has 0 spiro atoms. The van der Waals surface area contributed by atoms with Crippen LogP contribution in [0.25, 0.3) is 0 Å². The quantitative estimate of drug-likeness (QED) is 0.893. The SMILES string of the molecule is CCC(=O)N1CCCC(C(=O)Nc2ccccc2Oc2cccnc2)C1. The van der Waals surface area contributed by atoms with E-state index in [9.17, 15) is 9.59 Å². The number of carbonyl (C=O) groups excluding carboxylic acids is 2. The van der Waals surface area contributed by atoms with Gasteiger partial charge < -0.3 is 15.0 Å². The monoisotopic (exact) mass is 353 g/mol. The molecule has 136 valence electrons. The summed E-state index contributed by atoms with van der Waals surface area (Å²) in [5.74, 6) is 0.979. The highest BCUT2D eigenvalue weighted by Crippen LogP contribution is 2.30. The number of pyridine rings is 1. The number of amides is 2. The van der Waals surface area contributed by atoms with E-state index in [1.165, 1.54) is 0 Å². The van der Waals surface area contributed by atoms with Crippen molar-refractivity contribution < 1.29 is 14.3 Å². The number of ether oxygens (including phenoxy) is 1. The second kappa shape index (κ2) is 8.47. The van der Waals surface area contributed by atoms with Crippen molar-refractivity contribution in [3.63, 3.8) is 0 Å². The van der Waals surface area contributed by atoms with Gasteiger partial charge in [-0.25, -0.2) is 0 Å². The highest BCUT2D eigenvalue weighted by Gasteiger charge is 2.28. The van der Waals surface area contributed by atoms with Crippen molar-refractivity contribution in [2.45, 2.75) is 26.2 Å². The molecule has 0 saturated carbocycles. The molecule has 1 aromatic heterocycles. The Morgan fingerprint density at radius 3 is 2.88 bits per heavy atom. The van der Waals surface area contributed by atoms with Gasteiger partial charge in [-0.05, 0) is 37.1 Å². The number of hydrogen-bond acceptors (Lipinski definition) is 4. The lowest BCUT2D eigenvalue weighted by Gasteiger charge is -2.32. The molecule has 2 aromatic rings. The first-order valence-corrected chi connectivity index (χ1v) is 8.93. The molecule has 6 heteroatoms. The van der Waals surface area contributed by atoms with E-state index in [0.29, 0.717) is 30.2 Å². The minimum atomic E-state index is -0.203. The smallest absolute Gasteiger partial charge is 0.229 e. The van der Waals surface area contributed by atoms with Gasteiger partial charge in [0, 0.05) is 25.7 Å². The van der Waals surface area contributed by atoms with E-state index in [1.807, 2.05) is 19.1 Å². The summed E-state index contributed by atoms with van der Waals surface area (Å²) in [6.07, 6.45) is 5.39. The molecular weight excluding hydrogens is 330 g/mol. The van der Waals surface area contributed by atoms with Gasteiger partial charge in [0.2, 0.25) is 11.8 Å². The van der Waals surface area contributed by atoms with E-state index < -0.39 is 0 Å². The number of para-hydroxylation sites is 2. The highest BCUT2D eigenvalue weighted by molar-refractivity contribution is 5.94. The number of hydrogen-bond donors (Lipinski definition) is 1. The first kappa shape index (κ1) is 17.9. The third kappa shape index (κ3) is 4.39. The minimum absolute atomic E-state index is 0.0826. The zero-order valence-electron chi connectivity index (χ0n) is 14.9. The Kier molecular flexibility index (Phi) is 5.84. The van der Waals surface area contributed by atoms with E-state index in [2.05, 4.69) is 10.3 Å². The van der Waals surface area contributed by atoms with Crippen LogP contribution in [0.3, 0.4) is 0 Å². The number of piperidine rings is 1. The number of benzene rings is 1. The predicted molar refractivity (Wildman–Crippen MR) is 99.0 cm³/mol. The first-order valence-electron chi connectivity index (χ1n) is 8.93. The van der Waals surface area contributed by atoms with Gasteiger partial charge >= 0.3 is 0 Å². The fraction of sp³-hybridized carbons (Fsp3) is 0.350. The molecular formula is C20H23N3O3. The fourth-order valence-corrected chi connectivity index (χ4v) is 3.07. The predicted octanol–water partition coefficient (Wildman–Crippen LogP) is 3.46. The highest BCUT2D eigenvalue weighted by atomic mass is 16.5. The van der Waals surface area contributed by atoms with Gasteiger partial charge in [0.25, 0.3) is 0 Å². The maximum absolute atomic E-state index is 12.7. The second-order valence-electron chi connectivity index (χ2n) is 6.31. The maximum Gasteiger partial charge on any atom is 0.229 e. The average molecular weight is 353 g/mol. The number of likely N-dealkylation sites (tertiary alicyclic amines) is 1. The lowest BCUT2D eigenvalue weighted by Crippen LogP contribution is -2.43. The Hall–Kier alpha value is -2.89. The topological polar surface area (TPSA) is 71.5 Å². The van der Waals surface area contributed by atoms with Crippen molar-refractivity contribution >= 4 is 17.5 Å². The number of nitrogens with one attached hydrogen (secondary N) is 1. The average Bonchev–Trinajstić information content (AvgIpc) is 2.69. The number of carbonyl (C=O) groups is 2. The molecule has 1 saturated heterocycles. The third-order valence-corrected chi connectivity index (χ3v) is 4.45. The van der Waals surface area contributed by atoms with E-state index >= 15 is 0 Å². The number of aromatic nitrogens is 1. The molecule has 1 aliphatic rings. The van der Waals surface area contributed by atoms with Crippen LogP contribution in [-0.4, -0.2) is 34.8 Å². The van der Waals surface area contributed by atoms with Crippen LogP contribution in [0.15, 0.2) is 48.8 Å². The molecule has 2 heterocycles. The summed E-state index contributed by atoms with van der Waals surface area (Å²) in [6, 6.07) is 10.9. The largest absolute Gasteiger partial charge is 0.454 e. The Bertz CT molecular complexity index is 764. The summed E-state index contributed by atoms with van der Waals surface area (Å²) in [5.41, 5.74) is 0.611. The zero-order chi connectivity index (χ0) is 18.4. The Balaban J connectivity index is 1.68. The molecule has 26 heavy (non-hydrogen) atoms. The van der Waals surface area contributed by atoms with Crippen LogP contribution in [0.4, 0.5) is 5.69 Å². The Morgan fingerprint density at radius 1 is 1.27 bits per heavy atom. The molecule has 1 aliphatic heterocycles. The molecule has 2 amide bonds. The number of rotatable bonds is 5. The van der Waals surface area contributed by atoms with Crippen LogP contribution < -0.4 is 10.1 Å². The van der Waals surface area contributed by atoms with Crippen LogP contribution in [0.1, 0.15) is 26.2 Å². The molecule has 1 atom stereocenters. The summed E-state index contributed by atoms with van der Waals surface area (Å²) >= 11 is 0. The van der Waals surface area contributed by atoms with Crippen LogP contribution >= 0.6 is 0 Å². The van der Waals surface area contributed by atoms with Crippen LogP contribution in [0, 0.1) is 5.92 Å². The van der Waals surface area contributed by atoms with Gasteiger partial charge in [-0.3, -0.25) is 14.6 Å².